The molecule has 0 amide bonds. The van der Waals surface area contributed by atoms with E-state index in [4.69, 9.17) is 14.2 Å². The minimum Gasteiger partial charge on any atom is -0.493 e. The van der Waals surface area contributed by atoms with Crippen molar-refractivity contribution >= 4 is 11.0 Å². The van der Waals surface area contributed by atoms with E-state index in [9.17, 15) is 5.26 Å². The summed E-state index contributed by atoms with van der Waals surface area (Å²) in [4.78, 5) is 7.86. The fourth-order valence-electron chi connectivity index (χ4n) is 4.06. The average Bonchev–Trinajstić information content (AvgIpc) is 3.35. The number of fused-ring (bicyclic) bond motifs is 1. The van der Waals surface area contributed by atoms with Gasteiger partial charge >= 0.3 is 0 Å². The van der Waals surface area contributed by atoms with E-state index in [2.05, 4.69) is 22.1 Å². The monoisotopic (exact) mass is 461 g/mol. The Labute approximate surface area is 203 Å². The number of hydrogen-bond donors (Lipinski definition) is 1. The van der Waals surface area contributed by atoms with Crippen molar-refractivity contribution < 1.29 is 14.2 Å². The maximum Gasteiger partial charge on any atom is 0.161 e. The first-order valence-corrected chi connectivity index (χ1v) is 11.1. The smallest absolute Gasteiger partial charge is 0.161 e. The lowest BCUT2D eigenvalue weighted by Crippen LogP contribution is -1.96. The van der Waals surface area contributed by atoms with Crippen LogP contribution < -0.4 is 14.2 Å². The van der Waals surface area contributed by atoms with Crippen molar-refractivity contribution in [2.45, 2.75) is 6.61 Å². The number of aromatic nitrogens is 2. The molecular formula is C29H23N3O3. The van der Waals surface area contributed by atoms with E-state index >= 15 is 0 Å². The highest BCUT2D eigenvalue weighted by Crippen LogP contribution is 2.36. The molecule has 6 nitrogen and oxygen atoms in total. The number of pyridine rings is 1. The molecule has 35 heavy (non-hydrogen) atoms. The highest BCUT2D eigenvalue weighted by molar-refractivity contribution is 5.96. The number of H-pyrrole nitrogens is 1. The van der Waals surface area contributed by atoms with Gasteiger partial charge in [0.1, 0.15) is 18.0 Å². The number of benzene rings is 3. The van der Waals surface area contributed by atoms with Gasteiger partial charge in [0.15, 0.2) is 11.5 Å². The van der Waals surface area contributed by atoms with Crippen molar-refractivity contribution in [2.75, 3.05) is 14.2 Å². The predicted octanol–water partition coefficient (Wildman–Crippen LogP) is 6.36. The number of aromatic amines is 1. The van der Waals surface area contributed by atoms with Gasteiger partial charge in [-0.25, -0.2) is 4.98 Å². The molecule has 2 aromatic heterocycles. The lowest BCUT2D eigenvalue weighted by Gasteiger charge is -2.10. The molecule has 0 spiro atoms. The molecule has 5 aromatic rings. The Kier molecular flexibility index (Phi) is 6.06. The third kappa shape index (κ3) is 4.53. The quantitative estimate of drug-likeness (QED) is 0.305. The molecular weight excluding hydrogens is 438 g/mol. The third-order valence-electron chi connectivity index (χ3n) is 5.84. The second-order valence-corrected chi connectivity index (χ2v) is 8.02. The minimum atomic E-state index is 0.425. The molecule has 0 bridgehead atoms. The van der Waals surface area contributed by atoms with Crippen LogP contribution in [0.3, 0.4) is 0 Å². The average molecular weight is 462 g/mol. The fourth-order valence-corrected chi connectivity index (χ4v) is 4.06. The number of nitrogens with one attached hydrogen (secondary N) is 1. The van der Waals surface area contributed by atoms with E-state index in [1.165, 1.54) is 0 Å². The van der Waals surface area contributed by atoms with Gasteiger partial charge in [-0.05, 0) is 53.1 Å². The number of hydrogen-bond acceptors (Lipinski definition) is 5. The van der Waals surface area contributed by atoms with E-state index in [1.807, 2.05) is 73.1 Å². The van der Waals surface area contributed by atoms with E-state index in [0.29, 0.717) is 29.4 Å². The standard InChI is InChI=1S/C29H23N3O3/c1-33-27-9-8-21(14-28(27)34-2)23-13-25-26(17-32-29(25)31-16-23)22-10-20(15-30)11-24(12-22)35-18-19-6-4-3-5-7-19/h3-14,16-17H,18H2,1-2H3,(H,31,32). The predicted molar refractivity (Wildman–Crippen MR) is 136 cm³/mol. The Morgan fingerprint density at radius 3 is 2.46 bits per heavy atom. The van der Waals surface area contributed by atoms with Crippen LogP contribution in [0.5, 0.6) is 17.2 Å². The molecule has 1 N–H and O–H groups in total. The lowest BCUT2D eigenvalue weighted by molar-refractivity contribution is 0.306. The van der Waals surface area contributed by atoms with Crippen molar-refractivity contribution in [1.29, 1.82) is 5.26 Å². The molecule has 0 saturated carbocycles. The summed E-state index contributed by atoms with van der Waals surface area (Å²) in [6.07, 6.45) is 3.73. The molecule has 0 radical (unpaired) electrons. The van der Waals surface area contributed by atoms with Crippen LogP contribution >= 0.6 is 0 Å². The SMILES string of the molecule is COc1ccc(-c2cnc3[nH]cc(-c4cc(C#N)cc(OCc5ccccc5)c4)c3c2)cc1OC. The van der Waals surface area contributed by atoms with Crippen molar-refractivity contribution in [1.82, 2.24) is 9.97 Å². The topological polar surface area (TPSA) is 80.2 Å². The molecule has 2 heterocycles. The highest BCUT2D eigenvalue weighted by Gasteiger charge is 2.13. The Hall–Kier alpha value is -4.76. The van der Waals surface area contributed by atoms with Crippen LogP contribution in [0.25, 0.3) is 33.3 Å². The van der Waals surface area contributed by atoms with Gasteiger partial charge in [-0.15, -0.1) is 0 Å². The van der Waals surface area contributed by atoms with Crippen molar-refractivity contribution in [3.63, 3.8) is 0 Å². The second-order valence-electron chi connectivity index (χ2n) is 8.02. The summed E-state index contributed by atoms with van der Waals surface area (Å²) < 4.78 is 16.8. The second kappa shape index (κ2) is 9.62. The van der Waals surface area contributed by atoms with Gasteiger partial charge in [0.2, 0.25) is 0 Å². The molecule has 0 atom stereocenters. The number of rotatable bonds is 7. The van der Waals surface area contributed by atoms with Crippen molar-refractivity contribution in [2.24, 2.45) is 0 Å². The van der Waals surface area contributed by atoms with E-state index in [0.717, 1.165) is 38.9 Å². The summed E-state index contributed by atoms with van der Waals surface area (Å²) >= 11 is 0. The number of methoxy groups -OCH3 is 2. The van der Waals surface area contributed by atoms with Gasteiger partial charge < -0.3 is 19.2 Å². The van der Waals surface area contributed by atoms with E-state index in [-0.39, 0.29) is 0 Å². The molecule has 5 rings (SSSR count). The first kappa shape index (κ1) is 22.1. The molecule has 0 aliphatic carbocycles. The first-order chi connectivity index (χ1) is 17.2. The lowest BCUT2D eigenvalue weighted by atomic mass is 10.0. The van der Waals surface area contributed by atoms with Gasteiger partial charge in [-0.3, -0.25) is 0 Å². The van der Waals surface area contributed by atoms with Crippen LogP contribution in [0.2, 0.25) is 0 Å². The molecule has 0 fully saturated rings. The van der Waals surface area contributed by atoms with Crippen LogP contribution in [-0.2, 0) is 6.61 Å². The zero-order valence-corrected chi connectivity index (χ0v) is 19.4. The maximum absolute atomic E-state index is 9.62. The Bertz CT molecular complexity index is 1530. The number of ether oxygens (including phenoxy) is 3. The van der Waals surface area contributed by atoms with Gasteiger partial charge in [0.05, 0.1) is 25.9 Å². The summed E-state index contributed by atoms with van der Waals surface area (Å²) in [6.45, 7) is 0.425. The van der Waals surface area contributed by atoms with Gasteiger partial charge in [0.25, 0.3) is 0 Å². The fraction of sp³-hybridized carbons (Fsp3) is 0.103. The summed E-state index contributed by atoms with van der Waals surface area (Å²) in [6, 6.07) is 25.6. The van der Waals surface area contributed by atoms with Gasteiger partial charge in [-0.1, -0.05) is 36.4 Å². The van der Waals surface area contributed by atoms with Crippen molar-refractivity contribution in [3.8, 4) is 45.6 Å². The van der Waals surface area contributed by atoms with Crippen LogP contribution in [0.4, 0.5) is 0 Å². The summed E-state index contributed by atoms with van der Waals surface area (Å²) in [5, 5.41) is 10.6. The van der Waals surface area contributed by atoms with Crippen LogP contribution in [0, 0.1) is 11.3 Å². The maximum atomic E-state index is 9.62. The first-order valence-electron chi connectivity index (χ1n) is 11.1. The van der Waals surface area contributed by atoms with E-state index in [1.54, 1.807) is 20.3 Å². The Morgan fingerprint density at radius 1 is 0.857 bits per heavy atom. The van der Waals surface area contributed by atoms with Gasteiger partial charge in [-0.2, -0.15) is 5.26 Å². The normalized spacial score (nSPS) is 10.7. The van der Waals surface area contributed by atoms with Gasteiger partial charge in [0, 0.05) is 28.9 Å². The molecule has 0 saturated heterocycles. The largest absolute Gasteiger partial charge is 0.493 e. The number of nitriles is 1. The summed E-state index contributed by atoms with van der Waals surface area (Å²) in [5.74, 6) is 1.96. The Balaban J connectivity index is 1.53. The zero-order valence-electron chi connectivity index (χ0n) is 19.4. The minimum absolute atomic E-state index is 0.425. The van der Waals surface area contributed by atoms with Crippen LogP contribution in [0.15, 0.2) is 85.2 Å². The third-order valence-corrected chi connectivity index (χ3v) is 5.84. The molecule has 3 aromatic carbocycles. The van der Waals surface area contributed by atoms with Crippen LogP contribution in [-0.4, -0.2) is 24.2 Å². The summed E-state index contributed by atoms with van der Waals surface area (Å²) in [5.41, 5.74) is 6.08. The molecule has 172 valence electrons. The molecule has 0 aliphatic rings. The molecule has 0 unspecified atom stereocenters. The highest BCUT2D eigenvalue weighted by atomic mass is 16.5. The zero-order chi connectivity index (χ0) is 24.2. The summed E-state index contributed by atoms with van der Waals surface area (Å²) in [7, 11) is 3.23. The van der Waals surface area contributed by atoms with Crippen molar-refractivity contribution in [3.05, 3.63) is 96.3 Å². The number of nitrogens with zero attached hydrogens (tertiary/aromatic N) is 2. The van der Waals surface area contributed by atoms with Crippen LogP contribution in [0.1, 0.15) is 11.1 Å². The molecule has 6 heteroatoms. The molecule has 0 aliphatic heterocycles. The van der Waals surface area contributed by atoms with E-state index < -0.39 is 0 Å². The Morgan fingerprint density at radius 2 is 1.69 bits per heavy atom.